The summed E-state index contributed by atoms with van der Waals surface area (Å²) in [5.74, 6) is 0. The molecule has 0 rings (SSSR count). The maximum atomic E-state index is 8.12. The van der Waals surface area contributed by atoms with Gasteiger partial charge in [-0.2, -0.15) is 67.1 Å². The Morgan fingerprint density at radius 3 is 0.490 bits per heavy atom. The summed E-state index contributed by atoms with van der Waals surface area (Å²) in [6, 6.07) is 0. The molecule has 51 heavy (non-hydrogen) atoms. The first kappa shape index (κ1) is 76.5. The second-order valence-electron chi connectivity index (χ2n) is 9.77. The van der Waals surface area contributed by atoms with E-state index in [9.17, 15) is 0 Å². The van der Waals surface area contributed by atoms with E-state index in [0.29, 0.717) is 5.41 Å². The number of unbranched alkanes of at least 4 members (excludes halogenated alkanes) is 10. The van der Waals surface area contributed by atoms with Gasteiger partial charge in [0.15, 0.2) is 0 Å². The minimum absolute atomic E-state index is 0.250. The first-order valence-corrected chi connectivity index (χ1v) is 17.3. The van der Waals surface area contributed by atoms with Crippen LogP contribution >= 0.6 is 0 Å². The van der Waals surface area contributed by atoms with Crippen LogP contribution in [0.25, 0.3) is 0 Å². The first-order chi connectivity index (χ1) is 24.4. The van der Waals surface area contributed by atoms with E-state index in [2.05, 4.69) is 69.2 Å². The zero-order valence-electron chi connectivity index (χ0n) is 33.2. The van der Waals surface area contributed by atoms with Crippen molar-refractivity contribution < 1.29 is 67.1 Å². The SMILES string of the molecule is CCCC(CC)(CC)CCC.CCCCC.CCCCCCC.CCCCCCC.O=C=O.O=C=O.O=C=O.O=C=O.O=C=O.O=C=O.O=C=O. The Kier molecular flexibility index (Phi) is 179. The van der Waals surface area contributed by atoms with E-state index < -0.39 is 0 Å². The molecule has 0 heterocycles. The molecule has 0 saturated heterocycles. The van der Waals surface area contributed by atoms with E-state index in [1.165, 1.54) is 122 Å². The summed E-state index contributed by atoms with van der Waals surface area (Å²) < 4.78 is 0. The first-order valence-electron chi connectivity index (χ1n) is 17.3. The summed E-state index contributed by atoms with van der Waals surface area (Å²) in [6.45, 7) is 22.7. The number of rotatable bonds is 16. The number of hydrogen-bond donors (Lipinski definition) is 0. The monoisotopic (exact) mass is 736 g/mol. The molecule has 0 amide bonds. The van der Waals surface area contributed by atoms with Crippen LogP contribution in [0.4, 0.5) is 0 Å². The predicted octanol–water partition coefficient (Wildman–Crippen LogP) is 8.46. The fourth-order valence-electron chi connectivity index (χ4n) is 3.85. The Bertz CT molecular complexity index is 634. The summed E-state index contributed by atoms with van der Waals surface area (Å²) in [7, 11) is 0. The van der Waals surface area contributed by atoms with Crippen LogP contribution in [0.5, 0.6) is 0 Å². The standard InChI is InChI=1S/C11H24.2C7H16.C5H12.7CO2/c1-5-9-11(7-3,8-4)10-6-2;2*1-3-5-7-6-4-2;1-3-5-4-2;7*2-1-3/h5-10H2,1-4H3;2*3-7H2,1-2H3;3-5H2,1-2H3;;;;;;;. The third kappa shape index (κ3) is 225. The minimum atomic E-state index is 0.250. The molecule has 0 atom stereocenters. The van der Waals surface area contributed by atoms with Crippen LogP contribution in [0, 0.1) is 5.41 Å². The van der Waals surface area contributed by atoms with Crippen molar-refractivity contribution in [3.63, 3.8) is 0 Å². The molecule has 0 saturated carbocycles. The Morgan fingerprint density at radius 1 is 0.255 bits per heavy atom. The lowest BCUT2D eigenvalue weighted by atomic mass is 9.75. The molecule has 14 nitrogen and oxygen atoms in total. The van der Waals surface area contributed by atoms with Gasteiger partial charge < -0.3 is 0 Å². The molecule has 0 spiro atoms. The van der Waals surface area contributed by atoms with E-state index in [0.717, 1.165) is 0 Å². The molecule has 14 heteroatoms. The minimum Gasteiger partial charge on any atom is -0.186 e. The van der Waals surface area contributed by atoms with E-state index in [-0.39, 0.29) is 43.1 Å². The van der Waals surface area contributed by atoms with Crippen molar-refractivity contribution in [2.24, 2.45) is 5.41 Å². The van der Waals surface area contributed by atoms with Gasteiger partial charge in [0.2, 0.25) is 0 Å². The summed E-state index contributed by atoms with van der Waals surface area (Å²) in [5, 5.41) is 0. The average Bonchev–Trinajstić information content (AvgIpc) is 3.09. The van der Waals surface area contributed by atoms with Gasteiger partial charge in [0, 0.05) is 0 Å². The van der Waals surface area contributed by atoms with Gasteiger partial charge in [-0.1, -0.05) is 178 Å². The second-order valence-corrected chi connectivity index (χ2v) is 9.77. The van der Waals surface area contributed by atoms with E-state index >= 15 is 0 Å². The summed E-state index contributed by atoms with van der Waals surface area (Å²) >= 11 is 0. The van der Waals surface area contributed by atoms with Crippen LogP contribution in [-0.4, -0.2) is 43.1 Å². The lowest BCUT2D eigenvalue weighted by Gasteiger charge is -2.31. The van der Waals surface area contributed by atoms with Crippen molar-refractivity contribution in [3.05, 3.63) is 0 Å². The summed E-state index contributed by atoms with van der Waals surface area (Å²) in [6.07, 6.45) is 28.1. The fraction of sp³-hybridized carbons (Fsp3) is 0.811. The molecule has 0 fully saturated rings. The van der Waals surface area contributed by atoms with Crippen molar-refractivity contribution in [2.45, 2.75) is 191 Å². The number of carbonyl (C=O) groups excluding carboxylic acids is 14. The molecule has 0 aliphatic carbocycles. The van der Waals surface area contributed by atoms with E-state index in [1.807, 2.05) is 0 Å². The molecular formula is C37H68O14. The average molecular weight is 737 g/mol. The molecular weight excluding hydrogens is 668 g/mol. The Labute approximate surface area is 306 Å². The van der Waals surface area contributed by atoms with E-state index in [4.69, 9.17) is 67.1 Å². The molecule has 0 aliphatic rings. The highest BCUT2D eigenvalue weighted by Gasteiger charge is 2.23. The van der Waals surface area contributed by atoms with Crippen LogP contribution in [0.2, 0.25) is 0 Å². The van der Waals surface area contributed by atoms with Crippen LogP contribution < -0.4 is 0 Å². The maximum absolute atomic E-state index is 8.12. The molecule has 0 bridgehead atoms. The van der Waals surface area contributed by atoms with E-state index in [1.54, 1.807) is 0 Å². The highest BCUT2D eigenvalue weighted by Crippen LogP contribution is 2.36. The Morgan fingerprint density at radius 2 is 0.412 bits per heavy atom. The van der Waals surface area contributed by atoms with Gasteiger partial charge in [-0.05, 0) is 18.3 Å². The third-order valence-corrected chi connectivity index (χ3v) is 6.18. The molecule has 0 aromatic heterocycles. The zero-order chi connectivity index (χ0) is 42.9. The van der Waals surface area contributed by atoms with Crippen LogP contribution in [0.3, 0.4) is 0 Å². The molecule has 0 N–H and O–H groups in total. The smallest absolute Gasteiger partial charge is 0.186 e. The third-order valence-electron chi connectivity index (χ3n) is 6.18. The lowest BCUT2D eigenvalue weighted by molar-refractivity contribution is -0.193. The van der Waals surface area contributed by atoms with Crippen LogP contribution in [0.15, 0.2) is 0 Å². The lowest BCUT2D eigenvalue weighted by Crippen LogP contribution is -2.17. The zero-order valence-corrected chi connectivity index (χ0v) is 33.2. The Hall–Kier alpha value is -4.34. The summed E-state index contributed by atoms with van der Waals surface area (Å²) in [4.78, 5) is 114. The molecule has 0 aromatic carbocycles. The van der Waals surface area contributed by atoms with Gasteiger partial charge in [-0.3, -0.25) is 0 Å². The fourth-order valence-corrected chi connectivity index (χ4v) is 3.85. The largest absolute Gasteiger partial charge is 0.373 e. The van der Waals surface area contributed by atoms with Crippen LogP contribution in [-0.2, 0) is 67.1 Å². The molecule has 300 valence electrons. The summed E-state index contributed by atoms with van der Waals surface area (Å²) in [5.41, 5.74) is 0.684. The second kappa shape index (κ2) is 119. The topological polar surface area (TPSA) is 239 Å². The molecule has 0 radical (unpaired) electrons. The number of hydrogen-bond acceptors (Lipinski definition) is 14. The van der Waals surface area contributed by atoms with Crippen molar-refractivity contribution >= 4 is 43.1 Å². The Balaban J connectivity index is -0.0000000401. The predicted molar refractivity (Wildman–Crippen MR) is 182 cm³/mol. The molecule has 0 aromatic rings. The van der Waals surface area contributed by atoms with Gasteiger partial charge in [0.05, 0.1) is 0 Å². The van der Waals surface area contributed by atoms with Gasteiger partial charge in [-0.15, -0.1) is 0 Å². The van der Waals surface area contributed by atoms with Gasteiger partial charge in [0.1, 0.15) is 0 Å². The quantitative estimate of drug-likeness (QED) is 0.135. The molecule has 0 aliphatic heterocycles. The van der Waals surface area contributed by atoms with Crippen LogP contribution in [0.1, 0.15) is 191 Å². The highest BCUT2D eigenvalue weighted by atomic mass is 16.3. The normalized spacial score (nSPS) is 7.10. The van der Waals surface area contributed by atoms with Crippen molar-refractivity contribution in [1.29, 1.82) is 0 Å². The highest BCUT2D eigenvalue weighted by molar-refractivity contribution is 5.21. The molecule has 0 unspecified atom stereocenters. The maximum Gasteiger partial charge on any atom is 0.373 e. The van der Waals surface area contributed by atoms with Gasteiger partial charge in [-0.25, -0.2) is 0 Å². The van der Waals surface area contributed by atoms with Crippen molar-refractivity contribution in [3.8, 4) is 0 Å². The van der Waals surface area contributed by atoms with Gasteiger partial charge >= 0.3 is 43.1 Å². The van der Waals surface area contributed by atoms with Crippen molar-refractivity contribution in [2.75, 3.05) is 0 Å². The van der Waals surface area contributed by atoms with Crippen molar-refractivity contribution in [1.82, 2.24) is 0 Å². The van der Waals surface area contributed by atoms with Gasteiger partial charge in [0.25, 0.3) is 0 Å².